The maximum atomic E-state index is 10.6. The van der Waals surface area contributed by atoms with Crippen molar-refractivity contribution < 1.29 is 20.1 Å². The molecular formula is C14H12O4. The van der Waals surface area contributed by atoms with Crippen molar-refractivity contribution in [1.29, 1.82) is 0 Å². The van der Waals surface area contributed by atoms with E-state index in [0.717, 1.165) is 11.1 Å². The minimum absolute atomic E-state index is 0.0644. The van der Waals surface area contributed by atoms with E-state index in [0.29, 0.717) is 12.7 Å². The van der Waals surface area contributed by atoms with Gasteiger partial charge in [-0.15, -0.1) is 0 Å². The lowest BCUT2D eigenvalue weighted by Gasteiger charge is -2.05. The molecule has 0 saturated heterocycles. The number of hydrogen-bond donors (Lipinski definition) is 3. The standard InChI is InChI=1S/C14H12O4/c15-8-11-3-1-9(6-13(11)17)5-10-2-4-12(16)14(18)7-10/h1-4,6-8,16-18H,5H2. The summed E-state index contributed by atoms with van der Waals surface area (Å²) in [4.78, 5) is 10.6. The number of hydrogen-bond acceptors (Lipinski definition) is 4. The average molecular weight is 244 g/mol. The average Bonchev–Trinajstić information content (AvgIpc) is 2.34. The van der Waals surface area contributed by atoms with Gasteiger partial charge in [0.2, 0.25) is 0 Å². The summed E-state index contributed by atoms with van der Waals surface area (Å²) in [5.74, 6) is -0.412. The molecule has 2 aromatic carbocycles. The summed E-state index contributed by atoms with van der Waals surface area (Å²) in [5, 5.41) is 28.1. The van der Waals surface area contributed by atoms with Crippen molar-refractivity contribution in [2.24, 2.45) is 0 Å². The molecule has 4 heteroatoms. The summed E-state index contributed by atoms with van der Waals surface area (Å²) in [6, 6.07) is 9.32. The van der Waals surface area contributed by atoms with Crippen molar-refractivity contribution >= 4 is 6.29 Å². The SMILES string of the molecule is O=Cc1ccc(Cc2ccc(O)c(O)c2)cc1O. The molecule has 3 N–H and O–H groups in total. The molecule has 0 aliphatic heterocycles. The van der Waals surface area contributed by atoms with Crippen LogP contribution in [0.3, 0.4) is 0 Å². The molecular weight excluding hydrogens is 232 g/mol. The first-order valence-corrected chi connectivity index (χ1v) is 5.38. The van der Waals surface area contributed by atoms with Crippen LogP contribution < -0.4 is 0 Å². The number of rotatable bonds is 3. The molecule has 0 bridgehead atoms. The molecule has 0 heterocycles. The smallest absolute Gasteiger partial charge is 0.157 e. The summed E-state index contributed by atoms with van der Waals surface area (Å²) in [5.41, 5.74) is 1.85. The van der Waals surface area contributed by atoms with Crippen molar-refractivity contribution in [3.8, 4) is 17.2 Å². The van der Waals surface area contributed by atoms with Crippen LogP contribution in [0.15, 0.2) is 36.4 Å². The van der Waals surface area contributed by atoms with Crippen molar-refractivity contribution in [3.63, 3.8) is 0 Å². The zero-order valence-corrected chi connectivity index (χ0v) is 9.50. The minimum atomic E-state index is -0.179. The Kier molecular flexibility index (Phi) is 3.19. The van der Waals surface area contributed by atoms with Gasteiger partial charge in [0.25, 0.3) is 0 Å². The van der Waals surface area contributed by atoms with Crippen LogP contribution in [-0.2, 0) is 6.42 Å². The van der Waals surface area contributed by atoms with Crippen LogP contribution in [-0.4, -0.2) is 21.6 Å². The molecule has 0 amide bonds. The van der Waals surface area contributed by atoms with Gasteiger partial charge in [-0.3, -0.25) is 4.79 Å². The van der Waals surface area contributed by atoms with Gasteiger partial charge in [0.1, 0.15) is 5.75 Å². The minimum Gasteiger partial charge on any atom is -0.507 e. The number of benzene rings is 2. The first-order chi connectivity index (χ1) is 8.60. The topological polar surface area (TPSA) is 77.8 Å². The third-order valence-corrected chi connectivity index (χ3v) is 2.67. The fourth-order valence-electron chi connectivity index (χ4n) is 1.71. The Bertz CT molecular complexity index is 590. The second-order valence-corrected chi connectivity index (χ2v) is 4.01. The zero-order chi connectivity index (χ0) is 13.1. The number of aromatic hydroxyl groups is 3. The van der Waals surface area contributed by atoms with Crippen LogP contribution in [0.5, 0.6) is 17.2 Å². The Morgan fingerprint density at radius 2 is 1.44 bits per heavy atom. The Morgan fingerprint density at radius 3 is 2.00 bits per heavy atom. The van der Waals surface area contributed by atoms with Crippen molar-refractivity contribution in [2.75, 3.05) is 0 Å². The molecule has 0 saturated carbocycles. The van der Waals surface area contributed by atoms with Crippen molar-refractivity contribution in [1.82, 2.24) is 0 Å². The Hall–Kier alpha value is -2.49. The van der Waals surface area contributed by atoms with Gasteiger partial charge in [-0.05, 0) is 41.8 Å². The van der Waals surface area contributed by atoms with Crippen LogP contribution >= 0.6 is 0 Å². The maximum Gasteiger partial charge on any atom is 0.157 e. The van der Waals surface area contributed by atoms with E-state index in [1.54, 1.807) is 12.1 Å². The summed E-state index contributed by atoms with van der Waals surface area (Å²) in [6.45, 7) is 0. The van der Waals surface area contributed by atoms with Gasteiger partial charge in [-0.25, -0.2) is 0 Å². The highest BCUT2D eigenvalue weighted by Gasteiger charge is 2.05. The Balaban J connectivity index is 2.25. The van der Waals surface area contributed by atoms with Gasteiger partial charge in [-0.2, -0.15) is 0 Å². The van der Waals surface area contributed by atoms with Crippen molar-refractivity contribution in [2.45, 2.75) is 6.42 Å². The van der Waals surface area contributed by atoms with E-state index in [9.17, 15) is 20.1 Å². The van der Waals surface area contributed by atoms with Crippen LogP contribution in [0.4, 0.5) is 0 Å². The molecule has 0 aliphatic rings. The third kappa shape index (κ3) is 2.43. The van der Waals surface area contributed by atoms with E-state index in [1.807, 2.05) is 0 Å². The van der Waals surface area contributed by atoms with Crippen molar-refractivity contribution in [3.05, 3.63) is 53.1 Å². The largest absolute Gasteiger partial charge is 0.507 e. The van der Waals surface area contributed by atoms with Gasteiger partial charge >= 0.3 is 0 Å². The van der Waals surface area contributed by atoms with E-state index in [2.05, 4.69) is 0 Å². The molecule has 2 rings (SSSR count). The Labute approximate surface area is 104 Å². The van der Waals surface area contributed by atoms with E-state index in [1.165, 1.54) is 24.3 Å². The number of aldehydes is 1. The summed E-state index contributed by atoms with van der Waals surface area (Å²) in [7, 11) is 0. The number of carbonyl (C=O) groups excluding carboxylic acids is 1. The maximum absolute atomic E-state index is 10.6. The molecule has 92 valence electrons. The normalized spacial score (nSPS) is 10.2. The van der Waals surface area contributed by atoms with Gasteiger partial charge < -0.3 is 15.3 Å². The van der Waals surface area contributed by atoms with Crippen LogP contribution in [0.25, 0.3) is 0 Å². The second kappa shape index (κ2) is 4.79. The summed E-state index contributed by atoms with van der Waals surface area (Å²) >= 11 is 0. The number of carbonyl (C=O) groups is 1. The van der Waals surface area contributed by atoms with Crippen LogP contribution in [0.2, 0.25) is 0 Å². The lowest BCUT2D eigenvalue weighted by molar-refractivity contribution is 0.112. The first kappa shape index (κ1) is 12.0. The number of phenols is 3. The highest BCUT2D eigenvalue weighted by Crippen LogP contribution is 2.27. The van der Waals surface area contributed by atoms with E-state index in [4.69, 9.17) is 0 Å². The molecule has 0 aromatic heterocycles. The second-order valence-electron chi connectivity index (χ2n) is 4.01. The van der Waals surface area contributed by atoms with Gasteiger partial charge in [0.15, 0.2) is 17.8 Å². The monoisotopic (exact) mass is 244 g/mol. The molecule has 18 heavy (non-hydrogen) atoms. The summed E-state index contributed by atoms with van der Waals surface area (Å²) < 4.78 is 0. The zero-order valence-electron chi connectivity index (χ0n) is 9.50. The lowest BCUT2D eigenvalue weighted by Crippen LogP contribution is -1.90. The van der Waals surface area contributed by atoms with E-state index in [-0.39, 0.29) is 22.8 Å². The highest BCUT2D eigenvalue weighted by atomic mass is 16.3. The highest BCUT2D eigenvalue weighted by molar-refractivity contribution is 5.79. The number of phenolic OH excluding ortho intramolecular Hbond substituents is 3. The van der Waals surface area contributed by atoms with Gasteiger partial charge in [0.05, 0.1) is 5.56 Å². The molecule has 2 aromatic rings. The Morgan fingerprint density at radius 1 is 0.833 bits per heavy atom. The fourth-order valence-corrected chi connectivity index (χ4v) is 1.71. The van der Waals surface area contributed by atoms with Crippen LogP contribution in [0.1, 0.15) is 21.5 Å². The first-order valence-electron chi connectivity index (χ1n) is 5.38. The molecule has 0 fully saturated rings. The molecule has 4 nitrogen and oxygen atoms in total. The summed E-state index contributed by atoms with van der Waals surface area (Å²) in [6.07, 6.45) is 1.08. The van der Waals surface area contributed by atoms with Crippen LogP contribution in [0, 0.1) is 0 Å². The molecule has 0 radical (unpaired) electrons. The lowest BCUT2D eigenvalue weighted by atomic mass is 10.0. The predicted molar refractivity (Wildman–Crippen MR) is 66.1 cm³/mol. The molecule has 0 unspecified atom stereocenters. The molecule has 0 atom stereocenters. The predicted octanol–water partition coefficient (Wildman–Crippen LogP) is 2.21. The quantitative estimate of drug-likeness (QED) is 0.571. The third-order valence-electron chi connectivity index (χ3n) is 2.67. The van der Waals surface area contributed by atoms with Gasteiger partial charge in [-0.1, -0.05) is 12.1 Å². The fraction of sp³-hybridized carbons (Fsp3) is 0.0714. The van der Waals surface area contributed by atoms with Gasteiger partial charge in [0, 0.05) is 0 Å². The van der Waals surface area contributed by atoms with E-state index < -0.39 is 0 Å². The van der Waals surface area contributed by atoms with E-state index >= 15 is 0 Å². The molecule has 0 spiro atoms. The molecule has 0 aliphatic carbocycles.